The van der Waals surface area contributed by atoms with Crippen LogP contribution in [0.2, 0.25) is 0 Å². The van der Waals surface area contributed by atoms with Gasteiger partial charge in [0.1, 0.15) is 11.4 Å². The molecular formula is C19H16F3N3O2. The van der Waals surface area contributed by atoms with Crippen molar-refractivity contribution in [3.8, 4) is 11.4 Å². The molecule has 0 atom stereocenters. The van der Waals surface area contributed by atoms with Crippen LogP contribution >= 0.6 is 0 Å². The monoisotopic (exact) mass is 375 g/mol. The average Bonchev–Trinajstić information content (AvgIpc) is 2.93. The number of carbonyl (C=O) groups excluding carboxylic acids is 1. The molecule has 1 aromatic heterocycles. The van der Waals surface area contributed by atoms with Gasteiger partial charge < -0.3 is 10.1 Å². The Kier molecular flexibility index (Phi) is 5.16. The topological polar surface area (TPSA) is 56.2 Å². The van der Waals surface area contributed by atoms with Crippen molar-refractivity contribution in [1.82, 2.24) is 9.78 Å². The minimum Gasteiger partial charge on any atom is -0.435 e. The van der Waals surface area contributed by atoms with E-state index in [0.29, 0.717) is 0 Å². The van der Waals surface area contributed by atoms with Crippen LogP contribution in [-0.4, -0.2) is 22.3 Å². The summed E-state index contributed by atoms with van der Waals surface area (Å²) in [6.45, 7) is 0.630. The predicted molar refractivity (Wildman–Crippen MR) is 94.0 cm³/mol. The average molecular weight is 375 g/mol. The lowest BCUT2D eigenvalue weighted by atomic mass is 10.2. The Morgan fingerprint density at radius 3 is 2.56 bits per heavy atom. The zero-order valence-corrected chi connectivity index (χ0v) is 14.5. The van der Waals surface area contributed by atoms with E-state index in [9.17, 15) is 18.0 Å². The summed E-state index contributed by atoms with van der Waals surface area (Å²) in [5, 5.41) is 6.75. The first-order chi connectivity index (χ1) is 12.8. The van der Waals surface area contributed by atoms with E-state index in [0.717, 1.165) is 11.4 Å². The highest BCUT2D eigenvalue weighted by Crippen LogP contribution is 2.21. The molecule has 1 N–H and O–H groups in total. The molecule has 0 unspecified atom stereocenters. The second-order valence-corrected chi connectivity index (χ2v) is 5.87. The summed E-state index contributed by atoms with van der Waals surface area (Å²) in [4.78, 5) is 12.3. The van der Waals surface area contributed by atoms with Gasteiger partial charge in [-0.3, -0.25) is 4.79 Å². The number of aromatic nitrogens is 2. The van der Waals surface area contributed by atoms with Gasteiger partial charge in [-0.15, -0.1) is 0 Å². The summed E-state index contributed by atoms with van der Waals surface area (Å²) in [6, 6.07) is 11.4. The molecule has 0 bridgehead atoms. The van der Waals surface area contributed by atoms with E-state index in [1.165, 1.54) is 47.1 Å². The number of benzene rings is 2. The normalized spacial score (nSPS) is 10.9. The number of rotatable bonds is 5. The molecule has 1 heterocycles. The minimum absolute atomic E-state index is 0.108. The van der Waals surface area contributed by atoms with E-state index in [-0.39, 0.29) is 22.7 Å². The van der Waals surface area contributed by atoms with Gasteiger partial charge in [0, 0.05) is 16.9 Å². The Morgan fingerprint density at radius 2 is 1.93 bits per heavy atom. The summed E-state index contributed by atoms with van der Waals surface area (Å²) in [5.74, 6) is -1.27. The molecule has 3 aromatic rings. The highest BCUT2D eigenvalue weighted by atomic mass is 19.3. The van der Waals surface area contributed by atoms with Gasteiger partial charge in [-0.2, -0.15) is 13.9 Å². The standard InChI is InChI=1S/C19H16F3N3O2/c1-11-8-12(2)25(24-11)17-7-6-14(10-16(17)20)23-18(26)13-4-3-5-15(9-13)27-19(21)22/h3-10,19H,1-2H3,(H,23,26). The van der Waals surface area contributed by atoms with Crippen LogP contribution in [0.1, 0.15) is 21.7 Å². The second kappa shape index (κ2) is 7.53. The van der Waals surface area contributed by atoms with Gasteiger partial charge in [0.15, 0.2) is 5.82 Å². The molecule has 2 aromatic carbocycles. The lowest BCUT2D eigenvalue weighted by Gasteiger charge is -2.10. The smallest absolute Gasteiger partial charge is 0.387 e. The number of nitrogens with one attached hydrogen (secondary N) is 1. The van der Waals surface area contributed by atoms with E-state index in [4.69, 9.17) is 0 Å². The van der Waals surface area contributed by atoms with E-state index in [2.05, 4.69) is 15.2 Å². The number of hydrogen-bond donors (Lipinski definition) is 1. The molecule has 0 saturated heterocycles. The van der Waals surface area contributed by atoms with Crippen LogP contribution in [-0.2, 0) is 0 Å². The van der Waals surface area contributed by atoms with Gasteiger partial charge in [-0.25, -0.2) is 9.07 Å². The fraction of sp³-hybridized carbons (Fsp3) is 0.158. The van der Waals surface area contributed by atoms with E-state index in [1.807, 2.05) is 19.9 Å². The van der Waals surface area contributed by atoms with Gasteiger partial charge in [0.05, 0.1) is 5.69 Å². The van der Waals surface area contributed by atoms with Gasteiger partial charge in [-0.1, -0.05) is 6.07 Å². The number of ether oxygens (including phenoxy) is 1. The third kappa shape index (κ3) is 4.28. The van der Waals surface area contributed by atoms with Crippen LogP contribution in [0.25, 0.3) is 5.69 Å². The van der Waals surface area contributed by atoms with Gasteiger partial charge in [-0.05, 0) is 56.3 Å². The largest absolute Gasteiger partial charge is 0.435 e. The Hall–Kier alpha value is -3.29. The third-order valence-corrected chi connectivity index (χ3v) is 3.76. The van der Waals surface area contributed by atoms with Crippen LogP contribution in [0.15, 0.2) is 48.5 Å². The molecule has 27 heavy (non-hydrogen) atoms. The number of anilines is 1. The number of carbonyl (C=O) groups is 1. The summed E-state index contributed by atoms with van der Waals surface area (Å²) >= 11 is 0. The summed E-state index contributed by atoms with van der Waals surface area (Å²) < 4.78 is 44.8. The first kappa shape index (κ1) is 18.5. The summed E-state index contributed by atoms with van der Waals surface area (Å²) in [7, 11) is 0. The van der Waals surface area contributed by atoms with Crippen molar-refractivity contribution in [2.75, 3.05) is 5.32 Å². The molecule has 0 fully saturated rings. The Morgan fingerprint density at radius 1 is 1.15 bits per heavy atom. The molecule has 0 aliphatic heterocycles. The van der Waals surface area contributed by atoms with Crippen LogP contribution in [0.4, 0.5) is 18.9 Å². The Labute approximate surface area is 153 Å². The molecular weight excluding hydrogens is 359 g/mol. The van der Waals surface area contributed by atoms with Crippen molar-refractivity contribution < 1.29 is 22.7 Å². The molecule has 5 nitrogen and oxygen atoms in total. The highest BCUT2D eigenvalue weighted by molar-refractivity contribution is 6.04. The Bertz CT molecular complexity index is 986. The SMILES string of the molecule is Cc1cc(C)n(-c2ccc(NC(=O)c3cccc(OC(F)F)c3)cc2F)n1. The van der Waals surface area contributed by atoms with Crippen LogP contribution in [0.5, 0.6) is 5.75 Å². The van der Waals surface area contributed by atoms with Crippen LogP contribution < -0.4 is 10.1 Å². The van der Waals surface area contributed by atoms with Crippen LogP contribution in [0.3, 0.4) is 0 Å². The zero-order valence-electron chi connectivity index (χ0n) is 14.5. The third-order valence-electron chi connectivity index (χ3n) is 3.76. The molecule has 0 aliphatic rings. The maximum absolute atomic E-state index is 14.5. The zero-order chi connectivity index (χ0) is 19.6. The number of amides is 1. The number of nitrogens with zero attached hydrogens (tertiary/aromatic N) is 2. The number of aryl methyl sites for hydroxylation is 2. The quantitative estimate of drug-likeness (QED) is 0.715. The van der Waals surface area contributed by atoms with Gasteiger partial charge in [0.2, 0.25) is 0 Å². The predicted octanol–water partition coefficient (Wildman–Crippen LogP) is 4.48. The number of hydrogen-bond acceptors (Lipinski definition) is 3. The van der Waals surface area contributed by atoms with E-state index >= 15 is 0 Å². The minimum atomic E-state index is -2.99. The van der Waals surface area contributed by atoms with Crippen molar-refractivity contribution in [2.24, 2.45) is 0 Å². The molecule has 0 spiro atoms. The lowest BCUT2D eigenvalue weighted by molar-refractivity contribution is -0.0498. The van der Waals surface area contributed by atoms with E-state index < -0.39 is 18.3 Å². The molecule has 0 aliphatic carbocycles. The maximum atomic E-state index is 14.5. The fourth-order valence-electron chi connectivity index (χ4n) is 2.65. The van der Waals surface area contributed by atoms with Gasteiger partial charge >= 0.3 is 6.61 Å². The molecule has 140 valence electrons. The van der Waals surface area contributed by atoms with E-state index in [1.54, 1.807) is 0 Å². The van der Waals surface area contributed by atoms with Crippen molar-refractivity contribution in [2.45, 2.75) is 20.5 Å². The van der Waals surface area contributed by atoms with Crippen molar-refractivity contribution in [1.29, 1.82) is 0 Å². The number of halogens is 3. The maximum Gasteiger partial charge on any atom is 0.387 e. The lowest BCUT2D eigenvalue weighted by Crippen LogP contribution is -2.13. The molecule has 1 amide bonds. The molecule has 3 rings (SSSR count). The first-order valence-electron chi connectivity index (χ1n) is 8.03. The van der Waals surface area contributed by atoms with Crippen molar-refractivity contribution in [3.63, 3.8) is 0 Å². The summed E-state index contributed by atoms with van der Waals surface area (Å²) in [6.07, 6.45) is 0. The highest BCUT2D eigenvalue weighted by Gasteiger charge is 2.13. The Balaban J connectivity index is 1.79. The van der Waals surface area contributed by atoms with Crippen molar-refractivity contribution in [3.05, 3.63) is 71.3 Å². The first-order valence-corrected chi connectivity index (χ1v) is 8.03. The molecule has 0 saturated carbocycles. The second-order valence-electron chi connectivity index (χ2n) is 5.87. The van der Waals surface area contributed by atoms with Gasteiger partial charge in [0.25, 0.3) is 5.91 Å². The number of alkyl halides is 2. The van der Waals surface area contributed by atoms with Crippen molar-refractivity contribution >= 4 is 11.6 Å². The molecule has 8 heteroatoms. The van der Waals surface area contributed by atoms with Crippen LogP contribution in [0, 0.1) is 19.7 Å². The fourth-order valence-corrected chi connectivity index (χ4v) is 2.65. The summed E-state index contributed by atoms with van der Waals surface area (Å²) in [5.41, 5.74) is 2.12. The molecule has 0 radical (unpaired) electrons.